The van der Waals surface area contributed by atoms with Crippen LogP contribution in [0.3, 0.4) is 0 Å². The third-order valence-electron chi connectivity index (χ3n) is 3.49. The molecule has 5 heteroatoms. The van der Waals surface area contributed by atoms with Crippen LogP contribution in [0.2, 0.25) is 0 Å². The van der Waals surface area contributed by atoms with Gasteiger partial charge < -0.3 is 4.74 Å². The fourth-order valence-corrected chi connectivity index (χ4v) is 3.52. The first-order chi connectivity index (χ1) is 9.60. The van der Waals surface area contributed by atoms with E-state index in [-0.39, 0.29) is 18.0 Å². The van der Waals surface area contributed by atoms with Crippen molar-refractivity contribution in [1.82, 2.24) is 0 Å². The number of carbonyl (C=O) groups excluding carboxylic acids is 3. The summed E-state index contributed by atoms with van der Waals surface area (Å²) in [4.78, 5) is 36.6. The van der Waals surface area contributed by atoms with Crippen LogP contribution in [0.25, 0.3) is 0 Å². The molecule has 0 aromatic heterocycles. The van der Waals surface area contributed by atoms with Crippen LogP contribution in [-0.2, 0) is 14.3 Å². The molecule has 0 saturated carbocycles. The van der Waals surface area contributed by atoms with E-state index in [1.54, 1.807) is 24.3 Å². The molecule has 4 nitrogen and oxygen atoms in total. The predicted octanol–water partition coefficient (Wildman–Crippen LogP) is 2.12. The largest absolute Gasteiger partial charge is 0.468 e. The van der Waals surface area contributed by atoms with Crippen molar-refractivity contribution in [2.45, 2.75) is 12.8 Å². The van der Waals surface area contributed by atoms with Gasteiger partial charge in [0.1, 0.15) is 5.41 Å². The molecule has 0 bridgehead atoms. The lowest BCUT2D eigenvalue weighted by atomic mass is 9.78. The fourth-order valence-electron chi connectivity index (χ4n) is 2.32. The summed E-state index contributed by atoms with van der Waals surface area (Å²) in [7, 11) is 1.25. The first-order valence-electron chi connectivity index (χ1n) is 6.38. The molecule has 1 unspecified atom stereocenters. The van der Waals surface area contributed by atoms with Crippen LogP contribution in [0.5, 0.6) is 0 Å². The third-order valence-corrected chi connectivity index (χ3v) is 4.68. The summed E-state index contributed by atoms with van der Waals surface area (Å²) < 4.78 is 4.77. The molecule has 0 N–H and O–H groups in total. The summed E-state index contributed by atoms with van der Waals surface area (Å²) in [5.41, 5.74) is -0.802. The average molecular weight is 292 g/mol. The standard InChI is InChI=1S/C15H16O4S/c1-19-14(18)15(10-20-8-7-13(15)17)9-12(16)11-5-3-2-4-6-11/h2-6H,7-10H2,1H3. The molecule has 1 atom stereocenters. The van der Waals surface area contributed by atoms with Crippen molar-refractivity contribution in [1.29, 1.82) is 0 Å². The molecule has 1 saturated heterocycles. The molecule has 1 aliphatic heterocycles. The third kappa shape index (κ3) is 2.77. The summed E-state index contributed by atoms with van der Waals surface area (Å²) >= 11 is 1.51. The maximum Gasteiger partial charge on any atom is 0.320 e. The van der Waals surface area contributed by atoms with E-state index in [1.807, 2.05) is 6.07 Å². The van der Waals surface area contributed by atoms with Crippen molar-refractivity contribution in [3.63, 3.8) is 0 Å². The zero-order chi connectivity index (χ0) is 14.6. The Bertz CT molecular complexity index is 516. The van der Waals surface area contributed by atoms with E-state index in [4.69, 9.17) is 4.74 Å². The van der Waals surface area contributed by atoms with E-state index >= 15 is 0 Å². The minimum absolute atomic E-state index is 0.116. The van der Waals surface area contributed by atoms with Crippen LogP contribution >= 0.6 is 11.8 Å². The molecular weight excluding hydrogens is 276 g/mol. The van der Waals surface area contributed by atoms with E-state index in [2.05, 4.69) is 0 Å². The van der Waals surface area contributed by atoms with Crippen LogP contribution in [-0.4, -0.2) is 36.2 Å². The predicted molar refractivity (Wildman–Crippen MR) is 76.8 cm³/mol. The number of benzene rings is 1. The zero-order valence-corrected chi connectivity index (χ0v) is 12.1. The van der Waals surface area contributed by atoms with Gasteiger partial charge in [0.15, 0.2) is 11.6 Å². The molecule has 1 aromatic carbocycles. The number of ketones is 2. The number of rotatable bonds is 4. The van der Waals surface area contributed by atoms with E-state index < -0.39 is 11.4 Å². The van der Waals surface area contributed by atoms with E-state index in [1.165, 1.54) is 18.9 Å². The van der Waals surface area contributed by atoms with Crippen LogP contribution in [0, 0.1) is 5.41 Å². The topological polar surface area (TPSA) is 60.4 Å². The van der Waals surface area contributed by atoms with Gasteiger partial charge in [-0.15, -0.1) is 0 Å². The molecule has 1 aromatic rings. The Morgan fingerprint density at radius 2 is 2.00 bits per heavy atom. The lowest BCUT2D eigenvalue weighted by molar-refractivity contribution is -0.156. The van der Waals surface area contributed by atoms with Crippen LogP contribution in [0.4, 0.5) is 0 Å². The first-order valence-corrected chi connectivity index (χ1v) is 7.53. The Hall–Kier alpha value is -1.62. The Kier molecular flexibility index (Phi) is 4.60. The number of methoxy groups -OCH3 is 1. The lowest BCUT2D eigenvalue weighted by Gasteiger charge is -2.31. The van der Waals surface area contributed by atoms with Crippen LogP contribution in [0.15, 0.2) is 30.3 Å². The summed E-state index contributed by atoms with van der Waals surface area (Å²) in [6, 6.07) is 8.71. The Balaban J connectivity index is 2.27. The highest BCUT2D eigenvalue weighted by molar-refractivity contribution is 7.99. The van der Waals surface area contributed by atoms with Gasteiger partial charge in [0.25, 0.3) is 0 Å². The SMILES string of the molecule is COC(=O)C1(CC(=O)c2ccccc2)CSCCC1=O. The van der Waals surface area contributed by atoms with E-state index in [9.17, 15) is 14.4 Å². The highest BCUT2D eigenvalue weighted by Crippen LogP contribution is 2.37. The average Bonchev–Trinajstić information content (AvgIpc) is 2.49. The second-order valence-corrected chi connectivity index (χ2v) is 5.87. The van der Waals surface area contributed by atoms with Crippen molar-refractivity contribution in [3.05, 3.63) is 35.9 Å². The molecule has 20 heavy (non-hydrogen) atoms. The van der Waals surface area contributed by atoms with Gasteiger partial charge in [0.05, 0.1) is 7.11 Å². The Morgan fingerprint density at radius 1 is 1.30 bits per heavy atom. The zero-order valence-electron chi connectivity index (χ0n) is 11.3. The Morgan fingerprint density at radius 3 is 2.60 bits per heavy atom. The van der Waals surface area contributed by atoms with Crippen molar-refractivity contribution >= 4 is 29.3 Å². The van der Waals surface area contributed by atoms with Crippen molar-refractivity contribution in [2.75, 3.05) is 18.6 Å². The molecule has 1 heterocycles. The van der Waals surface area contributed by atoms with Gasteiger partial charge in [-0.3, -0.25) is 14.4 Å². The fraction of sp³-hybridized carbons (Fsp3) is 0.400. The maximum atomic E-state index is 12.3. The minimum atomic E-state index is -1.31. The lowest BCUT2D eigenvalue weighted by Crippen LogP contribution is -2.46. The Labute approximate surface area is 121 Å². The van der Waals surface area contributed by atoms with Gasteiger partial charge in [-0.1, -0.05) is 30.3 Å². The molecule has 0 radical (unpaired) electrons. The first kappa shape index (κ1) is 14.8. The molecule has 106 valence electrons. The highest BCUT2D eigenvalue weighted by Gasteiger charge is 2.49. The molecular formula is C15H16O4S. The summed E-state index contributed by atoms with van der Waals surface area (Å²) in [6.07, 6.45) is 0.192. The molecule has 0 spiro atoms. The number of esters is 1. The molecule has 1 aliphatic rings. The van der Waals surface area contributed by atoms with Gasteiger partial charge in [0.2, 0.25) is 0 Å². The number of ether oxygens (including phenoxy) is 1. The van der Waals surface area contributed by atoms with Crippen LogP contribution in [0.1, 0.15) is 23.2 Å². The van der Waals surface area contributed by atoms with Crippen molar-refractivity contribution < 1.29 is 19.1 Å². The van der Waals surface area contributed by atoms with E-state index in [0.717, 1.165) is 0 Å². The number of carbonyl (C=O) groups is 3. The van der Waals surface area contributed by atoms with Crippen LogP contribution < -0.4 is 0 Å². The number of thioether (sulfide) groups is 1. The smallest absolute Gasteiger partial charge is 0.320 e. The van der Waals surface area contributed by atoms with E-state index in [0.29, 0.717) is 23.5 Å². The molecule has 0 aliphatic carbocycles. The number of Topliss-reactive ketones (excluding diaryl/α,β-unsaturated/α-hetero) is 2. The number of hydrogen-bond acceptors (Lipinski definition) is 5. The monoisotopic (exact) mass is 292 g/mol. The highest BCUT2D eigenvalue weighted by atomic mass is 32.2. The second kappa shape index (κ2) is 6.22. The minimum Gasteiger partial charge on any atom is -0.468 e. The molecule has 2 rings (SSSR count). The van der Waals surface area contributed by atoms with Crippen molar-refractivity contribution in [2.24, 2.45) is 5.41 Å². The molecule has 1 fully saturated rings. The van der Waals surface area contributed by atoms with Gasteiger partial charge in [-0.25, -0.2) is 0 Å². The summed E-state index contributed by atoms with van der Waals surface area (Å²) in [6.45, 7) is 0. The quantitative estimate of drug-likeness (QED) is 0.483. The van der Waals surface area contributed by atoms with Gasteiger partial charge in [0, 0.05) is 29.9 Å². The van der Waals surface area contributed by atoms with Gasteiger partial charge >= 0.3 is 5.97 Å². The van der Waals surface area contributed by atoms with Gasteiger partial charge in [-0.05, 0) is 0 Å². The normalized spacial score (nSPS) is 22.4. The van der Waals surface area contributed by atoms with Crippen molar-refractivity contribution in [3.8, 4) is 0 Å². The van der Waals surface area contributed by atoms with Gasteiger partial charge in [-0.2, -0.15) is 11.8 Å². The second-order valence-electron chi connectivity index (χ2n) is 4.77. The summed E-state index contributed by atoms with van der Waals surface area (Å²) in [5, 5.41) is 0. The number of hydrogen-bond donors (Lipinski definition) is 0. The summed E-state index contributed by atoms with van der Waals surface area (Å²) in [5.74, 6) is 0.0204. The maximum absolute atomic E-state index is 12.3. The molecule has 0 amide bonds.